The summed E-state index contributed by atoms with van der Waals surface area (Å²) in [6.07, 6.45) is -6.15. The van der Waals surface area contributed by atoms with Crippen LogP contribution in [0.1, 0.15) is 30.9 Å². The number of para-hydroxylation sites is 2. The second-order valence-electron chi connectivity index (χ2n) is 7.44. The second kappa shape index (κ2) is 9.44. The van der Waals surface area contributed by atoms with Crippen LogP contribution in [0.2, 0.25) is 0 Å². The van der Waals surface area contributed by atoms with Crippen LogP contribution >= 0.6 is 0 Å². The van der Waals surface area contributed by atoms with Gasteiger partial charge in [-0.1, -0.05) is 30.3 Å². The average molecular weight is 508 g/mol. The van der Waals surface area contributed by atoms with Crippen LogP contribution in [0.25, 0.3) is 22.6 Å². The minimum Gasteiger partial charge on any atom is -0.457 e. The van der Waals surface area contributed by atoms with E-state index in [1.54, 1.807) is 32.0 Å². The van der Waals surface area contributed by atoms with Crippen molar-refractivity contribution in [2.75, 3.05) is 10.5 Å². The lowest BCUT2D eigenvalue weighted by molar-refractivity contribution is -0.198. The monoisotopic (exact) mass is 508 g/mol. The maximum absolute atomic E-state index is 14.0. The number of halogens is 3. The summed E-state index contributed by atoms with van der Waals surface area (Å²) in [6.45, 7) is 3.21. The van der Waals surface area contributed by atoms with Crippen molar-refractivity contribution < 1.29 is 30.8 Å². The molecule has 0 aliphatic carbocycles. The number of anilines is 1. The number of nitrogens with one attached hydrogen (secondary N) is 1. The molecule has 0 spiro atoms. The SMILES string of the molecule is CCCS(=O)(=O)Nc1nc2ccccc2nc1O[C@@H](c1ccc(-c2noc(C)n2)nc1)C(F)(F)F. The van der Waals surface area contributed by atoms with Crippen LogP contribution in [0, 0.1) is 6.92 Å². The van der Waals surface area contributed by atoms with Crippen LogP contribution in [0.4, 0.5) is 19.0 Å². The summed E-state index contributed by atoms with van der Waals surface area (Å²) < 4.78 is 79.1. The summed E-state index contributed by atoms with van der Waals surface area (Å²) >= 11 is 0. The standard InChI is InChI=1S/C21H19F3N6O4S/c1-3-10-35(31,32)30-19-20(28-15-7-5-4-6-14(15)27-19)33-17(21(22,23)24)13-8-9-16(25-11-13)18-26-12(2)34-29-18/h4-9,11,17H,3,10H2,1-2H3,(H,27,30)/t17-/m0/s1. The molecule has 35 heavy (non-hydrogen) atoms. The normalized spacial score (nSPS) is 13.1. The Kier molecular flexibility index (Phi) is 6.56. The van der Waals surface area contributed by atoms with E-state index in [1.807, 2.05) is 0 Å². The van der Waals surface area contributed by atoms with Crippen molar-refractivity contribution >= 4 is 26.9 Å². The topological polar surface area (TPSA) is 133 Å². The molecule has 0 radical (unpaired) electrons. The van der Waals surface area contributed by atoms with Crippen LogP contribution in [0.3, 0.4) is 0 Å². The predicted molar refractivity (Wildman–Crippen MR) is 119 cm³/mol. The fraction of sp³-hybridized carbons (Fsp3) is 0.286. The summed E-state index contributed by atoms with van der Waals surface area (Å²) in [7, 11) is -3.89. The smallest absolute Gasteiger partial charge is 0.429 e. The Bertz CT molecular complexity index is 1440. The van der Waals surface area contributed by atoms with Gasteiger partial charge in [0, 0.05) is 18.7 Å². The van der Waals surface area contributed by atoms with E-state index in [9.17, 15) is 21.6 Å². The highest BCUT2D eigenvalue weighted by Crippen LogP contribution is 2.38. The molecule has 1 N–H and O–H groups in total. The average Bonchev–Trinajstić information content (AvgIpc) is 3.23. The van der Waals surface area contributed by atoms with E-state index in [0.717, 1.165) is 12.3 Å². The van der Waals surface area contributed by atoms with Gasteiger partial charge < -0.3 is 9.26 Å². The summed E-state index contributed by atoms with van der Waals surface area (Å²) in [6, 6.07) is 8.77. The first-order chi connectivity index (χ1) is 16.6. The summed E-state index contributed by atoms with van der Waals surface area (Å²) in [4.78, 5) is 16.2. The molecule has 1 atom stereocenters. The molecular formula is C21H19F3N6O4S. The Morgan fingerprint density at radius 1 is 1.09 bits per heavy atom. The van der Waals surface area contributed by atoms with Crippen molar-refractivity contribution in [1.82, 2.24) is 25.1 Å². The first-order valence-corrected chi connectivity index (χ1v) is 12.0. The van der Waals surface area contributed by atoms with Gasteiger partial charge in [0.25, 0.3) is 5.88 Å². The Morgan fingerprint density at radius 3 is 2.37 bits per heavy atom. The van der Waals surface area contributed by atoms with E-state index >= 15 is 0 Å². The lowest BCUT2D eigenvalue weighted by Crippen LogP contribution is -2.27. The number of ether oxygens (including phenoxy) is 1. The van der Waals surface area contributed by atoms with Crippen molar-refractivity contribution in [3.63, 3.8) is 0 Å². The van der Waals surface area contributed by atoms with Crippen LogP contribution in [-0.2, 0) is 10.0 Å². The molecule has 0 saturated heterocycles. The summed E-state index contributed by atoms with van der Waals surface area (Å²) in [5.74, 6) is -0.936. The van der Waals surface area contributed by atoms with Gasteiger partial charge in [-0.25, -0.2) is 18.4 Å². The maximum Gasteiger partial charge on any atom is 0.429 e. The number of aryl methyl sites for hydroxylation is 1. The Morgan fingerprint density at radius 2 is 1.80 bits per heavy atom. The molecule has 184 valence electrons. The fourth-order valence-electron chi connectivity index (χ4n) is 3.13. The molecule has 14 heteroatoms. The van der Waals surface area contributed by atoms with Gasteiger partial charge in [0.05, 0.1) is 16.8 Å². The first kappa shape index (κ1) is 24.3. The lowest BCUT2D eigenvalue weighted by Gasteiger charge is -2.22. The molecule has 3 heterocycles. The van der Waals surface area contributed by atoms with Crippen LogP contribution in [0.5, 0.6) is 5.88 Å². The van der Waals surface area contributed by atoms with Gasteiger partial charge in [-0.05, 0) is 24.6 Å². The van der Waals surface area contributed by atoms with Gasteiger partial charge in [0.1, 0.15) is 5.69 Å². The van der Waals surface area contributed by atoms with Gasteiger partial charge in [0.15, 0.2) is 0 Å². The van der Waals surface area contributed by atoms with Crippen molar-refractivity contribution in [2.45, 2.75) is 32.5 Å². The predicted octanol–water partition coefficient (Wildman–Crippen LogP) is 4.22. The molecule has 4 aromatic rings. The largest absolute Gasteiger partial charge is 0.457 e. The summed E-state index contributed by atoms with van der Waals surface area (Å²) in [5.41, 5.74) is 0.352. The van der Waals surface area contributed by atoms with Gasteiger partial charge in [0.2, 0.25) is 33.7 Å². The second-order valence-corrected chi connectivity index (χ2v) is 9.28. The molecular weight excluding hydrogens is 489 g/mol. The van der Waals surface area contributed by atoms with Crippen LogP contribution in [-0.4, -0.2) is 45.4 Å². The number of benzene rings is 1. The van der Waals surface area contributed by atoms with Crippen LogP contribution < -0.4 is 9.46 Å². The van der Waals surface area contributed by atoms with Gasteiger partial charge in [-0.3, -0.25) is 9.71 Å². The Hall–Kier alpha value is -3.81. The van der Waals surface area contributed by atoms with Gasteiger partial charge in [-0.2, -0.15) is 18.2 Å². The Balaban J connectivity index is 1.73. The molecule has 0 saturated carbocycles. The molecule has 3 aromatic heterocycles. The quantitative estimate of drug-likeness (QED) is 0.371. The molecule has 4 rings (SSSR count). The van der Waals surface area contributed by atoms with Crippen molar-refractivity contribution in [3.05, 3.63) is 54.0 Å². The van der Waals surface area contributed by atoms with Crippen molar-refractivity contribution in [3.8, 4) is 17.4 Å². The number of alkyl halides is 3. The van der Waals surface area contributed by atoms with E-state index in [2.05, 4.69) is 29.8 Å². The molecule has 1 aromatic carbocycles. The highest BCUT2D eigenvalue weighted by molar-refractivity contribution is 7.92. The lowest BCUT2D eigenvalue weighted by atomic mass is 10.1. The maximum atomic E-state index is 14.0. The van der Waals surface area contributed by atoms with Crippen LogP contribution in [0.15, 0.2) is 47.1 Å². The minimum absolute atomic E-state index is 0.117. The zero-order valence-corrected chi connectivity index (χ0v) is 19.3. The number of hydrogen-bond acceptors (Lipinski definition) is 9. The third-order valence-corrected chi connectivity index (χ3v) is 6.09. The van der Waals surface area contributed by atoms with E-state index in [4.69, 9.17) is 9.26 Å². The zero-order valence-electron chi connectivity index (χ0n) is 18.4. The Labute approximate surface area is 197 Å². The van der Waals surface area contributed by atoms with Gasteiger partial charge in [-0.15, -0.1) is 0 Å². The number of nitrogens with zero attached hydrogens (tertiary/aromatic N) is 5. The highest BCUT2D eigenvalue weighted by Gasteiger charge is 2.44. The molecule has 0 bridgehead atoms. The highest BCUT2D eigenvalue weighted by atomic mass is 32.2. The zero-order chi connectivity index (χ0) is 25.2. The summed E-state index contributed by atoms with van der Waals surface area (Å²) in [5, 5.41) is 3.68. The number of sulfonamides is 1. The number of aromatic nitrogens is 5. The number of pyridine rings is 1. The minimum atomic E-state index is -4.89. The van der Waals surface area contributed by atoms with E-state index in [0.29, 0.717) is 0 Å². The third-order valence-electron chi connectivity index (χ3n) is 4.64. The molecule has 0 aliphatic heterocycles. The van der Waals surface area contributed by atoms with E-state index < -0.39 is 34.0 Å². The van der Waals surface area contributed by atoms with E-state index in [-0.39, 0.29) is 46.2 Å². The van der Waals surface area contributed by atoms with Gasteiger partial charge >= 0.3 is 6.18 Å². The van der Waals surface area contributed by atoms with Crippen molar-refractivity contribution in [2.24, 2.45) is 0 Å². The molecule has 0 amide bonds. The number of fused-ring (bicyclic) bond motifs is 1. The van der Waals surface area contributed by atoms with Crippen molar-refractivity contribution in [1.29, 1.82) is 0 Å². The molecule has 0 unspecified atom stereocenters. The first-order valence-electron chi connectivity index (χ1n) is 10.3. The number of rotatable bonds is 8. The molecule has 0 fully saturated rings. The van der Waals surface area contributed by atoms with E-state index in [1.165, 1.54) is 12.1 Å². The molecule has 0 aliphatic rings. The number of hydrogen-bond donors (Lipinski definition) is 1. The molecule has 10 nitrogen and oxygen atoms in total. The third kappa shape index (κ3) is 5.65. The fourth-order valence-corrected chi connectivity index (χ4v) is 4.20.